The molecule has 0 aromatic heterocycles. The van der Waals surface area contributed by atoms with Crippen molar-refractivity contribution in [3.8, 4) is 0 Å². The summed E-state index contributed by atoms with van der Waals surface area (Å²) in [5, 5.41) is 16.0. The second-order valence-electron chi connectivity index (χ2n) is 3.64. The summed E-state index contributed by atoms with van der Waals surface area (Å²) < 4.78 is 9.59. The van der Waals surface area contributed by atoms with Gasteiger partial charge >= 0.3 is 5.97 Å². The van der Waals surface area contributed by atoms with Crippen LogP contribution in [-0.4, -0.2) is 48.2 Å². The predicted molar refractivity (Wildman–Crippen MR) is 72.5 cm³/mol. The van der Waals surface area contributed by atoms with Crippen LogP contribution < -0.4 is 0 Å². The average molecular weight is 266 g/mol. The van der Waals surface area contributed by atoms with Crippen molar-refractivity contribution < 1.29 is 24.5 Å². The monoisotopic (exact) mass is 266 g/mol. The molecule has 0 saturated carbocycles. The summed E-state index contributed by atoms with van der Waals surface area (Å²) in [6, 6.07) is 0. The molecule has 18 heavy (non-hydrogen) atoms. The zero-order valence-electron chi connectivity index (χ0n) is 12.6. The maximum absolute atomic E-state index is 10.2. The molecule has 5 heteroatoms. The third-order valence-corrected chi connectivity index (χ3v) is 1.61. The third-order valence-electron chi connectivity index (χ3n) is 1.61. The van der Waals surface area contributed by atoms with Crippen LogP contribution in [0.25, 0.3) is 0 Å². The quantitative estimate of drug-likeness (QED) is 0.741. The summed E-state index contributed by atoms with van der Waals surface area (Å²) in [5.41, 5.74) is 0. The highest BCUT2D eigenvalue weighted by Gasteiger charge is 1.99. The van der Waals surface area contributed by atoms with Gasteiger partial charge in [0.2, 0.25) is 0 Å². The van der Waals surface area contributed by atoms with Gasteiger partial charge in [0.25, 0.3) is 0 Å². The lowest BCUT2D eigenvalue weighted by molar-refractivity contribution is -0.145. The van der Waals surface area contributed by atoms with Gasteiger partial charge in [-0.15, -0.1) is 0 Å². The maximum atomic E-state index is 10.2. The zero-order chi connectivity index (χ0) is 15.0. The van der Waals surface area contributed by atoms with Crippen molar-refractivity contribution >= 4 is 5.97 Å². The second-order valence-corrected chi connectivity index (χ2v) is 3.64. The van der Waals surface area contributed by atoms with E-state index in [1.807, 2.05) is 27.7 Å². The normalized spacial score (nSPS) is 12.2. The van der Waals surface area contributed by atoms with E-state index in [0.29, 0.717) is 0 Å². The molecule has 2 unspecified atom stereocenters. The van der Waals surface area contributed by atoms with Crippen LogP contribution in [0.4, 0.5) is 0 Å². The van der Waals surface area contributed by atoms with E-state index >= 15 is 0 Å². The van der Waals surface area contributed by atoms with Gasteiger partial charge in [-0.2, -0.15) is 0 Å². The molecule has 0 aliphatic rings. The Hall–Kier alpha value is -0.650. The largest absolute Gasteiger partial charge is 0.463 e. The van der Waals surface area contributed by atoms with Crippen molar-refractivity contribution in [3.05, 3.63) is 0 Å². The first-order chi connectivity index (χ1) is 8.35. The summed E-state index contributed by atoms with van der Waals surface area (Å²) in [7, 11) is 0. The van der Waals surface area contributed by atoms with Crippen LogP contribution in [0.5, 0.6) is 0 Å². The van der Waals surface area contributed by atoms with Crippen molar-refractivity contribution in [2.45, 2.75) is 60.2 Å². The zero-order valence-corrected chi connectivity index (χ0v) is 12.6. The molecule has 2 N–H and O–H groups in total. The van der Waals surface area contributed by atoms with E-state index < -0.39 is 6.10 Å². The Balaban J connectivity index is -0.000000197. The van der Waals surface area contributed by atoms with E-state index in [1.165, 1.54) is 13.8 Å². The van der Waals surface area contributed by atoms with E-state index in [4.69, 9.17) is 19.7 Å². The molecule has 2 atom stereocenters. The third kappa shape index (κ3) is 36.2. The lowest BCUT2D eigenvalue weighted by Crippen LogP contribution is -2.09. The van der Waals surface area contributed by atoms with Gasteiger partial charge in [-0.1, -0.05) is 6.92 Å². The van der Waals surface area contributed by atoms with Crippen molar-refractivity contribution in [2.75, 3.05) is 19.8 Å². The predicted octanol–water partition coefficient (Wildman–Crippen LogP) is 1.75. The molecule has 112 valence electrons. The van der Waals surface area contributed by atoms with Crippen LogP contribution in [0.3, 0.4) is 0 Å². The van der Waals surface area contributed by atoms with Gasteiger partial charge in [0.15, 0.2) is 0 Å². The summed E-state index contributed by atoms with van der Waals surface area (Å²) in [5.74, 6) is -0.195. The Morgan fingerprint density at radius 2 is 1.56 bits per heavy atom. The van der Waals surface area contributed by atoms with E-state index in [-0.39, 0.29) is 18.7 Å². The van der Waals surface area contributed by atoms with Crippen LogP contribution in [0.15, 0.2) is 0 Å². The number of hydrogen-bond donors (Lipinski definition) is 2. The minimum absolute atomic E-state index is 0.0764. The molecular formula is C13H30O5. The number of carbonyl (C=O) groups is 1. The van der Waals surface area contributed by atoms with Crippen LogP contribution in [-0.2, 0) is 14.3 Å². The van der Waals surface area contributed by atoms with E-state index in [2.05, 4.69) is 0 Å². The highest BCUT2D eigenvalue weighted by Crippen LogP contribution is 1.94. The fraction of sp³-hybridized carbons (Fsp3) is 0.923. The number of aliphatic hydroxyl groups is 2. The lowest BCUT2D eigenvalue weighted by atomic mass is 10.3. The highest BCUT2D eigenvalue weighted by atomic mass is 16.5. The number of aliphatic hydroxyl groups excluding tert-OH is 2. The first-order valence-electron chi connectivity index (χ1n) is 6.39. The van der Waals surface area contributed by atoms with Gasteiger partial charge in [-0.3, -0.25) is 4.79 Å². The van der Waals surface area contributed by atoms with Crippen molar-refractivity contribution in [2.24, 2.45) is 0 Å². The number of carbonyl (C=O) groups excluding carboxylic acids is 1. The van der Waals surface area contributed by atoms with E-state index in [0.717, 1.165) is 19.6 Å². The summed E-state index contributed by atoms with van der Waals surface area (Å²) in [4.78, 5) is 10.2. The molecule has 0 bridgehead atoms. The van der Waals surface area contributed by atoms with Crippen LogP contribution >= 0.6 is 0 Å². The van der Waals surface area contributed by atoms with Crippen LogP contribution in [0, 0.1) is 0 Å². The van der Waals surface area contributed by atoms with Crippen LogP contribution in [0.1, 0.15) is 48.0 Å². The number of hydrogen-bond acceptors (Lipinski definition) is 5. The Kier molecular flexibility index (Phi) is 23.4. The summed E-state index contributed by atoms with van der Waals surface area (Å²) in [6.45, 7) is 12.3. The Labute approximate surface area is 111 Å². The number of rotatable bonds is 5. The molecule has 0 aromatic rings. The van der Waals surface area contributed by atoms with E-state index in [1.54, 1.807) is 0 Å². The molecule has 0 radical (unpaired) electrons. The molecule has 0 aromatic carbocycles. The molecule has 0 amide bonds. The molecular weight excluding hydrogens is 236 g/mol. The Morgan fingerprint density at radius 1 is 1.17 bits per heavy atom. The smallest absolute Gasteiger partial charge is 0.302 e. The van der Waals surface area contributed by atoms with Crippen molar-refractivity contribution in [1.82, 2.24) is 0 Å². The standard InChI is InChI=1S/C6H12O2.C4H10O.C3H8O2/c1-4-5(2)8-6(3)7;1-3-5-4-2;1-3(5)2-4/h5H,4H2,1-3H3;3-4H2,1-2H3;3-5H,2H2,1H3. The van der Waals surface area contributed by atoms with Gasteiger partial charge in [0.1, 0.15) is 0 Å². The van der Waals surface area contributed by atoms with Crippen molar-refractivity contribution in [3.63, 3.8) is 0 Å². The minimum atomic E-state index is -0.560. The fourth-order valence-electron chi connectivity index (χ4n) is 0.571. The van der Waals surface area contributed by atoms with Gasteiger partial charge in [-0.25, -0.2) is 0 Å². The highest BCUT2D eigenvalue weighted by molar-refractivity contribution is 5.66. The molecule has 0 saturated heterocycles. The molecule has 0 heterocycles. The second kappa shape index (κ2) is 18.7. The molecule has 0 spiro atoms. The SMILES string of the molecule is CC(O)CO.CCC(C)OC(C)=O.CCOCC. The number of esters is 1. The number of ether oxygens (including phenoxy) is 2. The molecule has 0 rings (SSSR count). The van der Waals surface area contributed by atoms with Gasteiger partial charge in [-0.05, 0) is 34.1 Å². The molecule has 0 aliphatic heterocycles. The van der Waals surface area contributed by atoms with Gasteiger partial charge in [0, 0.05) is 20.1 Å². The minimum Gasteiger partial charge on any atom is -0.463 e. The topological polar surface area (TPSA) is 76.0 Å². The summed E-state index contributed by atoms with van der Waals surface area (Å²) >= 11 is 0. The Morgan fingerprint density at radius 3 is 1.61 bits per heavy atom. The first-order valence-corrected chi connectivity index (χ1v) is 6.39. The maximum Gasteiger partial charge on any atom is 0.302 e. The van der Waals surface area contributed by atoms with Gasteiger partial charge in [0.05, 0.1) is 18.8 Å². The lowest BCUT2D eigenvalue weighted by Gasteiger charge is -2.06. The van der Waals surface area contributed by atoms with Crippen LogP contribution in [0.2, 0.25) is 0 Å². The van der Waals surface area contributed by atoms with Gasteiger partial charge < -0.3 is 19.7 Å². The molecule has 5 nitrogen and oxygen atoms in total. The summed E-state index contributed by atoms with van der Waals surface area (Å²) in [6.07, 6.45) is 0.405. The molecule has 0 aliphatic carbocycles. The molecule has 0 fully saturated rings. The Bertz CT molecular complexity index is 157. The van der Waals surface area contributed by atoms with Crippen molar-refractivity contribution in [1.29, 1.82) is 0 Å². The first kappa shape index (κ1) is 22.5. The van der Waals surface area contributed by atoms with E-state index in [9.17, 15) is 4.79 Å². The average Bonchev–Trinajstić information content (AvgIpc) is 2.30. The fourth-order valence-corrected chi connectivity index (χ4v) is 0.571.